The number of aromatic nitrogens is 1. The van der Waals surface area contributed by atoms with Gasteiger partial charge in [0.15, 0.2) is 5.58 Å². The molecule has 0 fully saturated rings. The first kappa shape index (κ1) is 9.49. The van der Waals surface area contributed by atoms with Crippen LogP contribution in [0.15, 0.2) is 22.6 Å². The van der Waals surface area contributed by atoms with Gasteiger partial charge >= 0.3 is 0 Å². The molecular formula is C10H11ClN2O. The maximum atomic E-state index is 5.84. The quantitative estimate of drug-likeness (QED) is 0.829. The molecule has 0 aliphatic heterocycles. The average Bonchev–Trinajstić information content (AvgIpc) is 2.59. The van der Waals surface area contributed by atoms with E-state index < -0.39 is 0 Å². The van der Waals surface area contributed by atoms with Gasteiger partial charge in [-0.15, -0.1) is 0 Å². The van der Waals surface area contributed by atoms with E-state index in [-0.39, 0.29) is 6.04 Å². The van der Waals surface area contributed by atoms with Crippen LogP contribution in [0.2, 0.25) is 5.02 Å². The highest BCUT2D eigenvalue weighted by molar-refractivity contribution is 6.31. The lowest BCUT2D eigenvalue weighted by Gasteiger charge is -2.02. The van der Waals surface area contributed by atoms with Gasteiger partial charge in [0.25, 0.3) is 0 Å². The first-order chi connectivity index (χ1) is 6.70. The largest absolute Gasteiger partial charge is 0.439 e. The SMILES string of the molecule is CNC(C)c1nc2cc(Cl)ccc2o1. The van der Waals surface area contributed by atoms with Gasteiger partial charge in [0.2, 0.25) is 5.89 Å². The Kier molecular flexibility index (Phi) is 2.44. The fourth-order valence-electron chi connectivity index (χ4n) is 1.23. The lowest BCUT2D eigenvalue weighted by Crippen LogP contribution is -2.12. The van der Waals surface area contributed by atoms with Gasteiger partial charge in [-0.1, -0.05) is 11.6 Å². The topological polar surface area (TPSA) is 38.1 Å². The van der Waals surface area contributed by atoms with Crippen molar-refractivity contribution in [3.05, 3.63) is 29.1 Å². The van der Waals surface area contributed by atoms with Crippen LogP contribution in [0.5, 0.6) is 0 Å². The van der Waals surface area contributed by atoms with Gasteiger partial charge < -0.3 is 9.73 Å². The summed E-state index contributed by atoms with van der Waals surface area (Å²) in [4.78, 5) is 4.33. The molecule has 0 amide bonds. The maximum absolute atomic E-state index is 5.84. The van der Waals surface area contributed by atoms with E-state index in [1.54, 1.807) is 12.1 Å². The third-order valence-corrected chi connectivity index (χ3v) is 2.40. The summed E-state index contributed by atoms with van der Waals surface area (Å²) in [6.07, 6.45) is 0. The molecule has 0 radical (unpaired) electrons. The van der Waals surface area contributed by atoms with E-state index in [2.05, 4.69) is 10.3 Å². The summed E-state index contributed by atoms with van der Waals surface area (Å²) in [5.74, 6) is 0.685. The molecule has 1 aromatic heterocycles. The number of nitrogens with one attached hydrogen (secondary N) is 1. The van der Waals surface area contributed by atoms with Crippen molar-refractivity contribution < 1.29 is 4.42 Å². The van der Waals surface area contributed by atoms with Crippen molar-refractivity contribution in [2.75, 3.05) is 7.05 Å². The lowest BCUT2D eigenvalue weighted by atomic mass is 10.3. The predicted octanol–water partition coefficient (Wildman–Crippen LogP) is 2.76. The summed E-state index contributed by atoms with van der Waals surface area (Å²) >= 11 is 5.84. The zero-order valence-corrected chi connectivity index (χ0v) is 8.80. The Morgan fingerprint density at radius 1 is 1.50 bits per heavy atom. The van der Waals surface area contributed by atoms with Crippen LogP contribution in [0.3, 0.4) is 0 Å². The lowest BCUT2D eigenvalue weighted by molar-refractivity contribution is 0.456. The number of nitrogens with zero attached hydrogens (tertiary/aromatic N) is 1. The Bertz CT molecular complexity index is 452. The van der Waals surface area contributed by atoms with Crippen molar-refractivity contribution in [3.63, 3.8) is 0 Å². The Hall–Kier alpha value is -1.06. The smallest absolute Gasteiger partial charge is 0.212 e. The minimum atomic E-state index is 0.112. The van der Waals surface area contributed by atoms with Crippen LogP contribution in [0.1, 0.15) is 18.9 Å². The number of oxazole rings is 1. The number of hydrogen-bond acceptors (Lipinski definition) is 3. The van der Waals surface area contributed by atoms with Gasteiger partial charge in [-0.3, -0.25) is 0 Å². The first-order valence-electron chi connectivity index (χ1n) is 4.44. The van der Waals surface area contributed by atoms with E-state index in [0.29, 0.717) is 10.9 Å². The number of rotatable bonds is 2. The summed E-state index contributed by atoms with van der Waals surface area (Å²) in [7, 11) is 1.87. The van der Waals surface area contributed by atoms with Gasteiger partial charge in [-0.25, -0.2) is 4.98 Å². The minimum absolute atomic E-state index is 0.112. The van der Waals surface area contributed by atoms with Crippen molar-refractivity contribution in [1.29, 1.82) is 0 Å². The molecule has 1 N–H and O–H groups in total. The Morgan fingerprint density at radius 2 is 2.29 bits per heavy atom. The highest BCUT2D eigenvalue weighted by atomic mass is 35.5. The van der Waals surface area contributed by atoms with Crippen LogP contribution in [-0.2, 0) is 0 Å². The van der Waals surface area contributed by atoms with Gasteiger partial charge in [-0.05, 0) is 32.2 Å². The molecule has 0 saturated carbocycles. The molecule has 2 aromatic rings. The van der Waals surface area contributed by atoms with Gasteiger partial charge in [0.1, 0.15) is 5.52 Å². The second-order valence-corrected chi connectivity index (χ2v) is 3.61. The number of halogens is 1. The molecule has 4 heteroatoms. The molecule has 0 aliphatic rings. The van der Waals surface area contributed by atoms with Crippen molar-refractivity contribution >= 4 is 22.7 Å². The Labute approximate surface area is 87.1 Å². The summed E-state index contributed by atoms with van der Waals surface area (Å²) in [5.41, 5.74) is 1.57. The Morgan fingerprint density at radius 3 is 3.00 bits per heavy atom. The highest BCUT2D eigenvalue weighted by Crippen LogP contribution is 2.22. The van der Waals surface area contributed by atoms with Crippen LogP contribution < -0.4 is 5.32 Å². The minimum Gasteiger partial charge on any atom is -0.439 e. The molecule has 0 aliphatic carbocycles. The predicted molar refractivity (Wildman–Crippen MR) is 56.5 cm³/mol. The third kappa shape index (κ3) is 1.61. The van der Waals surface area contributed by atoms with Crippen molar-refractivity contribution in [2.24, 2.45) is 0 Å². The van der Waals surface area contributed by atoms with Gasteiger partial charge in [0, 0.05) is 5.02 Å². The molecule has 74 valence electrons. The average molecular weight is 211 g/mol. The number of benzene rings is 1. The standard InChI is InChI=1S/C10H11ClN2O/c1-6(12-2)10-13-8-5-7(11)3-4-9(8)14-10/h3-6,12H,1-2H3. The molecule has 0 saturated heterocycles. The zero-order chi connectivity index (χ0) is 10.1. The molecule has 2 rings (SSSR count). The van der Waals surface area contributed by atoms with Crippen molar-refractivity contribution in [1.82, 2.24) is 10.3 Å². The van der Waals surface area contributed by atoms with Crippen molar-refractivity contribution in [3.8, 4) is 0 Å². The van der Waals surface area contributed by atoms with Crippen LogP contribution >= 0.6 is 11.6 Å². The summed E-state index contributed by atoms with van der Waals surface area (Å²) in [6, 6.07) is 5.53. The molecule has 1 unspecified atom stereocenters. The van der Waals surface area contributed by atoms with Crippen molar-refractivity contribution in [2.45, 2.75) is 13.0 Å². The summed E-state index contributed by atoms with van der Waals surface area (Å²) < 4.78 is 5.54. The van der Waals surface area contributed by atoms with E-state index in [1.165, 1.54) is 0 Å². The van der Waals surface area contributed by atoms with E-state index in [9.17, 15) is 0 Å². The van der Waals surface area contributed by atoms with Gasteiger partial charge in [-0.2, -0.15) is 0 Å². The number of hydrogen-bond donors (Lipinski definition) is 1. The molecule has 1 aromatic carbocycles. The van der Waals surface area contributed by atoms with E-state index in [1.807, 2.05) is 20.0 Å². The van der Waals surface area contributed by atoms with Crippen LogP contribution in [0.25, 0.3) is 11.1 Å². The summed E-state index contributed by atoms with van der Waals surface area (Å²) in [5, 5.41) is 3.74. The molecule has 1 heterocycles. The maximum Gasteiger partial charge on any atom is 0.212 e. The summed E-state index contributed by atoms with van der Waals surface area (Å²) in [6.45, 7) is 1.99. The Balaban J connectivity index is 2.51. The van der Waals surface area contributed by atoms with E-state index >= 15 is 0 Å². The third-order valence-electron chi connectivity index (χ3n) is 2.17. The fraction of sp³-hybridized carbons (Fsp3) is 0.300. The molecule has 3 nitrogen and oxygen atoms in total. The zero-order valence-electron chi connectivity index (χ0n) is 8.04. The van der Waals surface area contributed by atoms with Crippen LogP contribution in [0.4, 0.5) is 0 Å². The highest BCUT2D eigenvalue weighted by Gasteiger charge is 2.11. The molecule has 0 spiro atoms. The monoisotopic (exact) mass is 210 g/mol. The first-order valence-corrected chi connectivity index (χ1v) is 4.82. The van der Waals surface area contributed by atoms with Crippen LogP contribution in [-0.4, -0.2) is 12.0 Å². The molecule has 0 bridgehead atoms. The normalized spacial score (nSPS) is 13.4. The van der Waals surface area contributed by atoms with E-state index in [0.717, 1.165) is 11.1 Å². The second kappa shape index (κ2) is 3.59. The van der Waals surface area contributed by atoms with E-state index in [4.69, 9.17) is 16.0 Å². The molecule has 1 atom stereocenters. The fourth-order valence-corrected chi connectivity index (χ4v) is 1.39. The number of fused-ring (bicyclic) bond motifs is 1. The second-order valence-electron chi connectivity index (χ2n) is 3.17. The molecular weight excluding hydrogens is 200 g/mol. The van der Waals surface area contributed by atoms with Gasteiger partial charge in [0.05, 0.1) is 6.04 Å². The van der Waals surface area contributed by atoms with Crippen LogP contribution in [0, 0.1) is 0 Å². The molecule has 14 heavy (non-hydrogen) atoms.